The number of amidine groups is 1. The number of nitrogens with one attached hydrogen (secondary N) is 1. The van der Waals surface area contributed by atoms with Gasteiger partial charge >= 0.3 is 5.97 Å². The number of nitro groups is 1. The van der Waals surface area contributed by atoms with Gasteiger partial charge in [0, 0.05) is 31.9 Å². The molecule has 1 atom stereocenters. The summed E-state index contributed by atoms with van der Waals surface area (Å²) in [6, 6.07) is 2.60. The summed E-state index contributed by atoms with van der Waals surface area (Å²) in [5.41, 5.74) is 0.280. The number of hydrogen-bond acceptors (Lipinski definition) is 7. The Morgan fingerprint density at radius 1 is 1.54 bits per heavy atom. The second kappa shape index (κ2) is 8.54. The molecular formula is C17H21N3O6. The molecule has 1 N–H and O–H groups in total. The van der Waals surface area contributed by atoms with Crippen molar-refractivity contribution in [1.29, 1.82) is 5.41 Å². The van der Waals surface area contributed by atoms with Crippen LogP contribution in [0.2, 0.25) is 0 Å². The molecule has 140 valence electrons. The standard InChI is InChI=1S/C17H21N3O6/c1-4-19(16(18)11-5-6-26-10-11)14-7-12(9-24-2)13(17(21)25-3)8-15(14)20(22)23/h4,7-8,11,18H,1,5-6,9-10H2,2-3H3. The smallest absolute Gasteiger partial charge is 0.338 e. The molecule has 0 aromatic heterocycles. The van der Waals surface area contributed by atoms with Gasteiger partial charge in [0.05, 0.1) is 30.8 Å². The van der Waals surface area contributed by atoms with E-state index in [0.29, 0.717) is 25.2 Å². The minimum absolute atomic E-state index is 0.0459. The van der Waals surface area contributed by atoms with Crippen LogP contribution in [0.3, 0.4) is 0 Å². The Hall–Kier alpha value is -2.78. The Bertz CT molecular complexity index is 727. The number of nitro benzene ring substituents is 1. The van der Waals surface area contributed by atoms with E-state index >= 15 is 0 Å². The Kier molecular flexibility index (Phi) is 6.42. The molecule has 0 aliphatic carbocycles. The predicted octanol–water partition coefficient (Wildman–Crippen LogP) is 2.49. The van der Waals surface area contributed by atoms with Crippen LogP contribution < -0.4 is 4.90 Å². The summed E-state index contributed by atoms with van der Waals surface area (Å²) in [6.07, 6.45) is 2.00. The summed E-state index contributed by atoms with van der Waals surface area (Å²) in [6.45, 7) is 4.65. The summed E-state index contributed by atoms with van der Waals surface area (Å²) in [5, 5.41) is 20.0. The van der Waals surface area contributed by atoms with Crippen molar-refractivity contribution in [3.05, 3.63) is 46.2 Å². The van der Waals surface area contributed by atoms with Crippen molar-refractivity contribution in [2.75, 3.05) is 32.3 Å². The highest BCUT2D eigenvalue weighted by Gasteiger charge is 2.30. The number of carbonyl (C=O) groups excluding carboxylic acids is 1. The van der Waals surface area contributed by atoms with Crippen molar-refractivity contribution in [2.24, 2.45) is 5.92 Å². The molecule has 2 rings (SSSR count). The molecule has 1 aromatic rings. The van der Waals surface area contributed by atoms with E-state index in [1.807, 2.05) is 0 Å². The van der Waals surface area contributed by atoms with Crippen LogP contribution in [-0.2, 0) is 20.8 Å². The number of hydrogen-bond donors (Lipinski definition) is 1. The molecule has 0 saturated carbocycles. The average molecular weight is 363 g/mol. The lowest BCUT2D eigenvalue weighted by Crippen LogP contribution is -2.32. The summed E-state index contributed by atoms with van der Waals surface area (Å²) in [5.74, 6) is -0.732. The van der Waals surface area contributed by atoms with Crippen LogP contribution >= 0.6 is 0 Å². The Morgan fingerprint density at radius 3 is 2.77 bits per heavy atom. The largest absolute Gasteiger partial charge is 0.465 e. The molecule has 1 heterocycles. The maximum absolute atomic E-state index is 12.0. The van der Waals surface area contributed by atoms with Crippen LogP contribution in [0.1, 0.15) is 22.3 Å². The predicted molar refractivity (Wildman–Crippen MR) is 94.5 cm³/mol. The third-order valence-electron chi connectivity index (χ3n) is 4.12. The Labute approximate surface area is 150 Å². The van der Waals surface area contributed by atoms with Crippen LogP contribution in [0, 0.1) is 21.4 Å². The number of methoxy groups -OCH3 is 2. The van der Waals surface area contributed by atoms with Gasteiger partial charge in [-0.05, 0) is 18.1 Å². The van der Waals surface area contributed by atoms with E-state index in [2.05, 4.69) is 6.58 Å². The second-order valence-corrected chi connectivity index (χ2v) is 5.68. The number of carbonyl (C=O) groups is 1. The van der Waals surface area contributed by atoms with Crippen LogP contribution in [0.25, 0.3) is 0 Å². The maximum Gasteiger partial charge on any atom is 0.338 e. The first-order valence-electron chi connectivity index (χ1n) is 7.91. The van der Waals surface area contributed by atoms with Gasteiger partial charge in [0.2, 0.25) is 0 Å². The highest BCUT2D eigenvalue weighted by molar-refractivity contribution is 6.02. The van der Waals surface area contributed by atoms with E-state index in [9.17, 15) is 14.9 Å². The average Bonchev–Trinajstić information content (AvgIpc) is 3.16. The van der Waals surface area contributed by atoms with Gasteiger partial charge in [-0.2, -0.15) is 0 Å². The molecule has 1 aromatic carbocycles. The van der Waals surface area contributed by atoms with Gasteiger partial charge in [-0.1, -0.05) is 6.58 Å². The fraction of sp³-hybridized carbons (Fsp3) is 0.412. The highest BCUT2D eigenvalue weighted by Crippen LogP contribution is 2.34. The molecule has 1 saturated heterocycles. The summed E-state index contributed by atoms with van der Waals surface area (Å²) in [7, 11) is 2.65. The van der Waals surface area contributed by atoms with Gasteiger partial charge < -0.3 is 14.2 Å². The molecular weight excluding hydrogens is 342 g/mol. The Balaban J connectivity index is 2.58. The van der Waals surface area contributed by atoms with Crippen molar-refractivity contribution >= 4 is 23.2 Å². The third-order valence-corrected chi connectivity index (χ3v) is 4.12. The molecule has 0 bridgehead atoms. The second-order valence-electron chi connectivity index (χ2n) is 5.68. The first-order chi connectivity index (χ1) is 12.4. The SMILES string of the molecule is C=CN(C(=N)C1CCOC1)c1cc(COC)c(C(=O)OC)cc1[N+](=O)[O-]. The fourth-order valence-electron chi connectivity index (χ4n) is 2.81. The first-order valence-corrected chi connectivity index (χ1v) is 7.91. The lowest BCUT2D eigenvalue weighted by Gasteiger charge is -2.25. The van der Waals surface area contributed by atoms with Crippen LogP contribution in [0.5, 0.6) is 0 Å². The monoisotopic (exact) mass is 363 g/mol. The number of nitrogens with zero attached hydrogens (tertiary/aromatic N) is 2. The first kappa shape index (κ1) is 19.5. The molecule has 0 radical (unpaired) electrons. The number of benzene rings is 1. The molecule has 9 heteroatoms. The van der Waals surface area contributed by atoms with E-state index in [-0.39, 0.29) is 35.3 Å². The van der Waals surface area contributed by atoms with Crippen molar-refractivity contribution in [1.82, 2.24) is 0 Å². The summed E-state index contributed by atoms with van der Waals surface area (Å²) >= 11 is 0. The number of rotatable bonds is 7. The van der Waals surface area contributed by atoms with E-state index in [1.54, 1.807) is 0 Å². The minimum Gasteiger partial charge on any atom is -0.465 e. The minimum atomic E-state index is -0.698. The number of ether oxygens (including phenoxy) is 3. The zero-order valence-corrected chi connectivity index (χ0v) is 14.7. The molecule has 1 aliphatic rings. The number of anilines is 1. The van der Waals surface area contributed by atoms with Crippen LogP contribution in [0.4, 0.5) is 11.4 Å². The van der Waals surface area contributed by atoms with E-state index in [4.69, 9.17) is 19.6 Å². The van der Waals surface area contributed by atoms with Crippen molar-refractivity contribution in [3.8, 4) is 0 Å². The Morgan fingerprint density at radius 2 is 2.27 bits per heavy atom. The molecule has 1 aliphatic heterocycles. The lowest BCUT2D eigenvalue weighted by atomic mass is 10.0. The highest BCUT2D eigenvalue weighted by atomic mass is 16.6. The molecule has 1 unspecified atom stereocenters. The van der Waals surface area contributed by atoms with E-state index < -0.39 is 10.9 Å². The maximum atomic E-state index is 12.0. The van der Waals surface area contributed by atoms with Crippen molar-refractivity contribution in [3.63, 3.8) is 0 Å². The molecule has 0 spiro atoms. The summed E-state index contributed by atoms with van der Waals surface area (Å²) < 4.78 is 15.1. The third kappa shape index (κ3) is 3.89. The van der Waals surface area contributed by atoms with Gasteiger partial charge in [-0.25, -0.2) is 4.79 Å². The van der Waals surface area contributed by atoms with Gasteiger partial charge in [-0.3, -0.25) is 20.4 Å². The van der Waals surface area contributed by atoms with Crippen molar-refractivity contribution in [2.45, 2.75) is 13.0 Å². The molecule has 26 heavy (non-hydrogen) atoms. The normalized spacial score (nSPS) is 16.2. The zero-order chi connectivity index (χ0) is 19.3. The zero-order valence-electron chi connectivity index (χ0n) is 14.7. The summed E-state index contributed by atoms with van der Waals surface area (Å²) in [4.78, 5) is 24.3. The lowest BCUT2D eigenvalue weighted by molar-refractivity contribution is -0.384. The number of esters is 1. The van der Waals surface area contributed by atoms with Gasteiger partial charge in [-0.15, -0.1) is 0 Å². The molecule has 1 fully saturated rings. The topological polar surface area (TPSA) is 115 Å². The van der Waals surface area contributed by atoms with Gasteiger partial charge in [0.15, 0.2) is 0 Å². The molecule has 9 nitrogen and oxygen atoms in total. The van der Waals surface area contributed by atoms with E-state index in [1.165, 1.54) is 31.4 Å². The van der Waals surface area contributed by atoms with Gasteiger partial charge in [0.25, 0.3) is 5.69 Å². The van der Waals surface area contributed by atoms with Crippen LogP contribution in [-0.4, -0.2) is 44.2 Å². The fourth-order valence-corrected chi connectivity index (χ4v) is 2.81. The van der Waals surface area contributed by atoms with Crippen LogP contribution in [0.15, 0.2) is 24.9 Å². The molecule has 0 amide bonds. The quantitative estimate of drug-likeness (QED) is 0.260. The van der Waals surface area contributed by atoms with Gasteiger partial charge in [0.1, 0.15) is 11.5 Å². The van der Waals surface area contributed by atoms with Crippen molar-refractivity contribution < 1.29 is 23.9 Å². The van der Waals surface area contributed by atoms with E-state index in [0.717, 1.165) is 6.07 Å².